The molecule has 1 saturated heterocycles. The molecule has 3 atom stereocenters. The molecular weight excluding hydrogens is 265 g/mol. The zero-order valence-corrected chi connectivity index (χ0v) is 10.9. The van der Waals surface area contributed by atoms with Gasteiger partial charge in [-0.1, -0.05) is 18.5 Å². The van der Waals surface area contributed by atoms with Crippen molar-refractivity contribution in [3.05, 3.63) is 28.8 Å². The number of aliphatic hydroxyl groups is 1. The minimum Gasteiger partial charge on any atom is -0.385 e. The average Bonchev–Trinajstić information content (AvgIpc) is 2.27. The van der Waals surface area contributed by atoms with Crippen molar-refractivity contribution in [2.75, 3.05) is 11.5 Å². The molecule has 94 valence electrons. The lowest BCUT2D eigenvalue weighted by atomic mass is 9.81. The lowest BCUT2D eigenvalue weighted by Crippen LogP contribution is -2.43. The Morgan fingerprint density at radius 1 is 1.71 bits per heavy atom. The van der Waals surface area contributed by atoms with Gasteiger partial charge < -0.3 is 5.11 Å². The number of halogens is 2. The molecule has 0 radical (unpaired) electrons. The van der Waals surface area contributed by atoms with Crippen LogP contribution < -0.4 is 0 Å². The molecular formula is C11H13ClFNO2S. The largest absolute Gasteiger partial charge is 0.385 e. The van der Waals surface area contributed by atoms with E-state index in [1.807, 2.05) is 0 Å². The number of rotatable bonds is 1. The Balaban J connectivity index is 2.43. The summed E-state index contributed by atoms with van der Waals surface area (Å²) in [5, 5.41) is 10.8. The van der Waals surface area contributed by atoms with Gasteiger partial charge in [0.25, 0.3) is 0 Å². The number of nitrogens with zero attached hydrogens (tertiary/aromatic N) is 1. The molecule has 3 unspecified atom stereocenters. The van der Waals surface area contributed by atoms with Crippen LogP contribution in [0.4, 0.5) is 4.39 Å². The highest BCUT2D eigenvalue weighted by molar-refractivity contribution is 7.85. The molecule has 0 aliphatic carbocycles. The van der Waals surface area contributed by atoms with Crippen molar-refractivity contribution in [3.63, 3.8) is 0 Å². The summed E-state index contributed by atoms with van der Waals surface area (Å²) in [4.78, 5) is 3.52. The second-order valence-electron chi connectivity index (χ2n) is 4.38. The molecule has 1 aliphatic heterocycles. The van der Waals surface area contributed by atoms with Crippen LogP contribution in [0.5, 0.6) is 0 Å². The van der Waals surface area contributed by atoms with Crippen molar-refractivity contribution in [1.82, 2.24) is 4.98 Å². The van der Waals surface area contributed by atoms with E-state index in [2.05, 4.69) is 4.98 Å². The van der Waals surface area contributed by atoms with E-state index in [1.165, 1.54) is 12.3 Å². The monoisotopic (exact) mass is 277 g/mol. The van der Waals surface area contributed by atoms with Crippen molar-refractivity contribution in [2.24, 2.45) is 5.92 Å². The molecule has 2 heterocycles. The van der Waals surface area contributed by atoms with Crippen LogP contribution >= 0.6 is 11.6 Å². The van der Waals surface area contributed by atoms with Crippen LogP contribution in [0.15, 0.2) is 12.3 Å². The highest BCUT2D eigenvalue weighted by Crippen LogP contribution is 2.38. The van der Waals surface area contributed by atoms with Crippen molar-refractivity contribution < 1.29 is 13.7 Å². The van der Waals surface area contributed by atoms with E-state index in [1.54, 1.807) is 6.92 Å². The Hall–Kier alpha value is -0.520. The summed E-state index contributed by atoms with van der Waals surface area (Å²) in [7, 11) is -0.938. The van der Waals surface area contributed by atoms with Crippen molar-refractivity contribution >= 4 is 22.4 Å². The predicted octanol–water partition coefficient (Wildman–Crippen LogP) is 1.85. The molecule has 0 saturated carbocycles. The van der Waals surface area contributed by atoms with Gasteiger partial charge in [0.05, 0.1) is 10.6 Å². The third kappa shape index (κ3) is 2.37. The van der Waals surface area contributed by atoms with Crippen LogP contribution in [0.1, 0.15) is 18.9 Å². The molecule has 1 N–H and O–H groups in total. The van der Waals surface area contributed by atoms with Gasteiger partial charge in [-0.15, -0.1) is 0 Å². The van der Waals surface area contributed by atoms with Crippen LogP contribution in [0.25, 0.3) is 0 Å². The molecule has 0 amide bonds. The maximum Gasteiger partial charge on any atom is 0.219 e. The Labute approximate surface area is 106 Å². The molecule has 1 aromatic heterocycles. The van der Waals surface area contributed by atoms with Crippen molar-refractivity contribution in [1.29, 1.82) is 0 Å². The molecule has 6 heteroatoms. The summed E-state index contributed by atoms with van der Waals surface area (Å²) >= 11 is 5.77. The SMILES string of the molecule is CC1CS(=O)CCC1(O)c1cc(Cl)cnc1F. The third-order valence-corrected chi connectivity index (χ3v) is 4.97. The van der Waals surface area contributed by atoms with Gasteiger partial charge in [0.1, 0.15) is 0 Å². The second-order valence-corrected chi connectivity index (χ2v) is 6.44. The molecule has 0 bridgehead atoms. The van der Waals surface area contributed by atoms with Crippen molar-refractivity contribution in [2.45, 2.75) is 18.9 Å². The highest BCUT2D eigenvalue weighted by atomic mass is 35.5. The van der Waals surface area contributed by atoms with E-state index >= 15 is 0 Å². The van der Waals surface area contributed by atoms with Gasteiger partial charge in [-0.2, -0.15) is 4.39 Å². The summed E-state index contributed by atoms with van der Waals surface area (Å²) < 4.78 is 25.1. The van der Waals surface area contributed by atoms with Crippen LogP contribution in [0.2, 0.25) is 5.02 Å². The number of hydrogen-bond donors (Lipinski definition) is 1. The van der Waals surface area contributed by atoms with Crippen LogP contribution in [-0.2, 0) is 16.4 Å². The first-order chi connectivity index (χ1) is 7.93. The van der Waals surface area contributed by atoms with Crippen LogP contribution in [-0.4, -0.2) is 25.8 Å². The lowest BCUT2D eigenvalue weighted by molar-refractivity contribution is -0.0189. The smallest absolute Gasteiger partial charge is 0.219 e. The van der Waals surface area contributed by atoms with E-state index in [4.69, 9.17) is 11.6 Å². The Kier molecular flexibility index (Phi) is 3.52. The molecule has 1 aromatic rings. The zero-order chi connectivity index (χ0) is 12.6. The summed E-state index contributed by atoms with van der Waals surface area (Å²) in [6.07, 6.45) is 1.47. The molecule has 1 fully saturated rings. The van der Waals surface area contributed by atoms with E-state index in [-0.39, 0.29) is 22.9 Å². The maximum absolute atomic E-state index is 13.7. The van der Waals surface area contributed by atoms with Gasteiger partial charge in [0.2, 0.25) is 5.95 Å². The number of hydrogen-bond acceptors (Lipinski definition) is 3. The maximum atomic E-state index is 13.7. The first-order valence-corrected chi connectivity index (χ1v) is 7.19. The van der Waals surface area contributed by atoms with Crippen molar-refractivity contribution in [3.8, 4) is 0 Å². The molecule has 0 spiro atoms. The first kappa shape index (κ1) is 12.9. The first-order valence-electron chi connectivity index (χ1n) is 5.32. The summed E-state index contributed by atoms with van der Waals surface area (Å²) in [5.74, 6) is -0.266. The standard InChI is InChI=1S/C11H13ClFNO2S/c1-7-6-17(16)3-2-11(7,15)9-4-8(12)5-14-10(9)13/h4-5,7,15H,2-3,6H2,1H3. The summed E-state index contributed by atoms with van der Waals surface area (Å²) in [6, 6.07) is 1.40. The molecule has 3 nitrogen and oxygen atoms in total. The minimum absolute atomic E-state index is 0.106. The molecule has 17 heavy (non-hydrogen) atoms. The topological polar surface area (TPSA) is 50.2 Å². The molecule has 0 aromatic carbocycles. The quantitative estimate of drug-likeness (QED) is 0.797. The Bertz CT molecular complexity index is 471. The van der Waals surface area contributed by atoms with E-state index in [9.17, 15) is 13.7 Å². The third-order valence-electron chi connectivity index (χ3n) is 3.23. The fourth-order valence-corrected chi connectivity index (χ4v) is 3.84. The van der Waals surface area contributed by atoms with E-state index < -0.39 is 22.3 Å². The molecule has 2 rings (SSSR count). The zero-order valence-electron chi connectivity index (χ0n) is 9.32. The van der Waals surface area contributed by atoms with E-state index in [0.29, 0.717) is 11.5 Å². The summed E-state index contributed by atoms with van der Waals surface area (Å²) in [5.41, 5.74) is -1.22. The normalized spacial score (nSPS) is 33.6. The number of aromatic nitrogens is 1. The average molecular weight is 278 g/mol. The highest BCUT2D eigenvalue weighted by Gasteiger charge is 2.42. The van der Waals surface area contributed by atoms with Gasteiger partial charge in [0, 0.05) is 40.0 Å². The Morgan fingerprint density at radius 2 is 2.41 bits per heavy atom. The van der Waals surface area contributed by atoms with Crippen LogP contribution in [0, 0.1) is 11.9 Å². The fourth-order valence-electron chi connectivity index (χ4n) is 2.14. The van der Waals surface area contributed by atoms with Gasteiger partial charge in [-0.05, 0) is 12.5 Å². The number of pyridine rings is 1. The van der Waals surface area contributed by atoms with Gasteiger partial charge in [0.15, 0.2) is 0 Å². The Morgan fingerprint density at radius 3 is 3.06 bits per heavy atom. The summed E-state index contributed by atoms with van der Waals surface area (Å²) in [6.45, 7) is 1.76. The van der Waals surface area contributed by atoms with E-state index in [0.717, 1.165) is 0 Å². The fraction of sp³-hybridized carbons (Fsp3) is 0.545. The second kappa shape index (κ2) is 4.63. The van der Waals surface area contributed by atoms with Crippen LogP contribution in [0.3, 0.4) is 0 Å². The minimum atomic E-state index is -1.32. The molecule has 1 aliphatic rings. The van der Waals surface area contributed by atoms with Gasteiger partial charge in [-0.3, -0.25) is 4.21 Å². The lowest BCUT2D eigenvalue weighted by Gasteiger charge is -2.37. The van der Waals surface area contributed by atoms with Gasteiger partial charge in [-0.25, -0.2) is 4.98 Å². The van der Waals surface area contributed by atoms with Gasteiger partial charge >= 0.3 is 0 Å². The predicted molar refractivity (Wildman–Crippen MR) is 64.8 cm³/mol.